The predicted molar refractivity (Wildman–Crippen MR) is 316 cm³/mol. The Hall–Kier alpha value is -2.89. The average molecular weight is 1020 g/mol. The number of unbranched alkanes of at least 4 members (excludes halogenated alkanes) is 37. The molecule has 0 aromatic heterocycles. The molecule has 0 aliphatic rings. The molecule has 0 bridgehead atoms. The number of hydrogen-bond donors (Lipinski definition) is 0. The summed E-state index contributed by atoms with van der Waals surface area (Å²) in [5, 5.41) is 0. The van der Waals surface area contributed by atoms with Crippen LogP contribution in [0.15, 0.2) is 60.8 Å². The second kappa shape index (κ2) is 61.7. The Morgan fingerprint density at radius 3 is 0.849 bits per heavy atom. The molecule has 73 heavy (non-hydrogen) atoms. The molecular formula is C67H120O6. The maximum Gasteiger partial charge on any atom is 0.306 e. The third-order valence-electron chi connectivity index (χ3n) is 14.0. The molecule has 0 aromatic rings. The fourth-order valence-corrected chi connectivity index (χ4v) is 9.25. The van der Waals surface area contributed by atoms with Gasteiger partial charge in [0.1, 0.15) is 13.2 Å². The van der Waals surface area contributed by atoms with E-state index in [0.717, 1.165) is 89.9 Å². The Bertz CT molecular complexity index is 1310. The van der Waals surface area contributed by atoms with Gasteiger partial charge in [-0.2, -0.15) is 0 Å². The van der Waals surface area contributed by atoms with Gasteiger partial charge in [-0.05, 0) is 83.5 Å². The van der Waals surface area contributed by atoms with Crippen LogP contribution in [-0.4, -0.2) is 37.2 Å². The summed E-state index contributed by atoms with van der Waals surface area (Å²) in [4.78, 5) is 38.2. The lowest BCUT2D eigenvalue weighted by molar-refractivity contribution is -0.167. The zero-order chi connectivity index (χ0) is 52.9. The van der Waals surface area contributed by atoms with E-state index in [1.807, 2.05) is 0 Å². The van der Waals surface area contributed by atoms with E-state index in [4.69, 9.17) is 14.2 Å². The summed E-state index contributed by atoms with van der Waals surface area (Å²) in [6, 6.07) is 0. The molecule has 1 atom stereocenters. The zero-order valence-electron chi connectivity index (χ0n) is 48.7. The van der Waals surface area contributed by atoms with Crippen molar-refractivity contribution in [1.82, 2.24) is 0 Å². The van der Waals surface area contributed by atoms with Gasteiger partial charge in [-0.15, -0.1) is 0 Å². The molecule has 0 saturated heterocycles. The number of esters is 3. The van der Waals surface area contributed by atoms with Crippen molar-refractivity contribution in [1.29, 1.82) is 0 Å². The third-order valence-corrected chi connectivity index (χ3v) is 14.0. The first-order valence-electron chi connectivity index (χ1n) is 31.8. The monoisotopic (exact) mass is 1020 g/mol. The van der Waals surface area contributed by atoms with Crippen molar-refractivity contribution in [3.8, 4) is 0 Å². The van der Waals surface area contributed by atoms with Crippen molar-refractivity contribution < 1.29 is 28.6 Å². The highest BCUT2D eigenvalue weighted by Crippen LogP contribution is 2.17. The molecule has 0 rings (SSSR count). The Balaban J connectivity index is 4.14. The molecule has 0 aliphatic carbocycles. The largest absolute Gasteiger partial charge is 0.462 e. The number of carbonyl (C=O) groups excluding carboxylic acids is 3. The number of allylic oxidation sites excluding steroid dienone is 10. The first-order valence-corrected chi connectivity index (χ1v) is 31.8. The van der Waals surface area contributed by atoms with Gasteiger partial charge in [0, 0.05) is 19.3 Å². The molecule has 0 aliphatic heterocycles. The van der Waals surface area contributed by atoms with Gasteiger partial charge in [0.15, 0.2) is 6.10 Å². The van der Waals surface area contributed by atoms with Gasteiger partial charge >= 0.3 is 17.9 Å². The highest BCUT2D eigenvalue weighted by Gasteiger charge is 2.19. The van der Waals surface area contributed by atoms with Gasteiger partial charge < -0.3 is 14.2 Å². The Kier molecular flexibility index (Phi) is 59.2. The molecule has 0 aromatic carbocycles. The Morgan fingerprint density at radius 1 is 0.288 bits per heavy atom. The maximum atomic E-state index is 12.9. The molecule has 0 amide bonds. The smallest absolute Gasteiger partial charge is 0.306 e. The Morgan fingerprint density at radius 2 is 0.534 bits per heavy atom. The van der Waals surface area contributed by atoms with Crippen molar-refractivity contribution in [3.63, 3.8) is 0 Å². The average Bonchev–Trinajstić information content (AvgIpc) is 3.39. The van der Waals surface area contributed by atoms with Gasteiger partial charge in [-0.3, -0.25) is 14.4 Å². The van der Waals surface area contributed by atoms with Gasteiger partial charge in [-0.1, -0.05) is 287 Å². The van der Waals surface area contributed by atoms with Crippen LogP contribution in [0.4, 0.5) is 0 Å². The van der Waals surface area contributed by atoms with Gasteiger partial charge in [0.05, 0.1) is 0 Å². The normalized spacial score (nSPS) is 12.4. The summed E-state index contributed by atoms with van der Waals surface area (Å²) < 4.78 is 16.9. The van der Waals surface area contributed by atoms with E-state index in [9.17, 15) is 14.4 Å². The van der Waals surface area contributed by atoms with E-state index in [2.05, 4.69) is 81.5 Å². The van der Waals surface area contributed by atoms with E-state index in [1.54, 1.807) is 0 Å². The summed E-state index contributed by atoms with van der Waals surface area (Å²) in [7, 11) is 0. The molecule has 0 saturated carbocycles. The van der Waals surface area contributed by atoms with Crippen LogP contribution in [0.2, 0.25) is 0 Å². The van der Waals surface area contributed by atoms with Crippen LogP contribution in [0.3, 0.4) is 0 Å². The lowest BCUT2D eigenvalue weighted by Gasteiger charge is -2.18. The topological polar surface area (TPSA) is 78.9 Å². The standard InChI is InChI=1S/C67H120O6/c1-4-7-10-13-16-19-22-24-26-28-29-30-31-32-33-34-35-36-37-38-39-40-42-43-45-48-51-54-57-60-66(69)72-63-64(62-71-65(68)59-56-53-50-47-21-18-15-12-9-6-3)73-67(70)61-58-55-52-49-46-44-41-27-25-23-20-17-14-11-8-5-2/h7,10,16,19,24,26-27,29-30,41,64H,4-6,8-9,11-15,17-18,20-23,25,28,31-40,42-63H2,1-3H3/b10-7-,19-16-,26-24-,30-29-,41-27-. The lowest BCUT2D eigenvalue weighted by atomic mass is 10.0. The van der Waals surface area contributed by atoms with Crippen molar-refractivity contribution >= 4 is 17.9 Å². The summed E-state index contributed by atoms with van der Waals surface area (Å²) in [6.07, 6.45) is 78.1. The van der Waals surface area contributed by atoms with Crippen LogP contribution in [0, 0.1) is 0 Å². The van der Waals surface area contributed by atoms with Crippen molar-refractivity contribution in [2.24, 2.45) is 0 Å². The third kappa shape index (κ3) is 59.9. The summed E-state index contributed by atoms with van der Waals surface area (Å²) in [5.74, 6) is -0.866. The number of hydrogen-bond acceptors (Lipinski definition) is 6. The number of carbonyl (C=O) groups is 3. The molecule has 0 fully saturated rings. The minimum Gasteiger partial charge on any atom is -0.462 e. The van der Waals surface area contributed by atoms with Crippen LogP contribution in [-0.2, 0) is 28.6 Å². The molecule has 424 valence electrons. The fourth-order valence-electron chi connectivity index (χ4n) is 9.25. The van der Waals surface area contributed by atoms with E-state index in [-0.39, 0.29) is 31.1 Å². The van der Waals surface area contributed by atoms with Crippen LogP contribution in [0.5, 0.6) is 0 Å². The van der Waals surface area contributed by atoms with Crippen molar-refractivity contribution in [3.05, 3.63) is 60.8 Å². The molecule has 0 N–H and O–H groups in total. The number of rotatable bonds is 58. The van der Waals surface area contributed by atoms with Gasteiger partial charge in [0.2, 0.25) is 0 Å². The van der Waals surface area contributed by atoms with E-state index in [0.29, 0.717) is 19.3 Å². The molecule has 6 heteroatoms. The van der Waals surface area contributed by atoms with Gasteiger partial charge in [0.25, 0.3) is 0 Å². The van der Waals surface area contributed by atoms with Crippen LogP contribution in [0.25, 0.3) is 0 Å². The minimum atomic E-state index is -0.774. The first kappa shape index (κ1) is 70.1. The van der Waals surface area contributed by atoms with E-state index >= 15 is 0 Å². The van der Waals surface area contributed by atoms with Crippen molar-refractivity contribution in [2.75, 3.05) is 13.2 Å². The van der Waals surface area contributed by atoms with E-state index in [1.165, 1.54) is 199 Å². The summed E-state index contributed by atoms with van der Waals surface area (Å²) in [6.45, 7) is 6.54. The molecule has 6 nitrogen and oxygen atoms in total. The minimum absolute atomic E-state index is 0.0727. The zero-order valence-corrected chi connectivity index (χ0v) is 48.7. The lowest BCUT2D eigenvalue weighted by Crippen LogP contribution is -2.30. The first-order chi connectivity index (χ1) is 36.0. The van der Waals surface area contributed by atoms with E-state index < -0.39 is 6.10 Å². The highest BCUT2D eigenvalue weighted by molar-refractivity contribution is 5.71. The second-order valence-corrected chi connectivity index (χ2v) is 21.3. The quantitative estimate of drug-likeness (QED) is 0.0261. The summed E-state index contributed by atoms with van der Waals surface area (Å²) >= 11 is 0. The maximum absolute atomic E-state index is 12.9. The van der Waals surface area contributed by atoms with Crippen molar-refractivity contribution in [2.45, 2.75) is 335 Å². The molecule has 0 radical (unpaired) electrons. The van der Waals surface area contributed by atoms with Crippen LogP contribution in [0.1, 0.15) is 329 Å². The second-order valence-electron chi connectivity index (χ2n) is 21.3. The molecule has 1 unspecified atom stereocenters. The SMILES string of the molecule is CC/C=C\C/C=C\C/C=C\C/C=C\CCCCCCCCCCCCCCCCCCC(=O)OCC(COC(=O)CCCCCCCCCCCC)OC(=O)CCCCCCC/C=C\CCCCCCCCC. The Labute approximate surface area is 453 Å². The van der Waals surface area contributed by atoms with Gasteiger partial charge in [-0.25, -0.2) is 0 Å². The van der Waals surface area contributed by atoms with Crippen LogP contribution >= 0.6 is 0 Å². The number of ether oxygens (including phenoxy) is 3. The summed E-state index contributed by atoms with van der Waals surface area (Å²) in [5.41, 5.74) is 0. The molecule has 0 spiro atoms. The molecular weight excluding hydrogens is 901 g/mol. The fraction of sp³-hybridized carbons (Fsp3) is 0.806. The van der Waals surface area contributed by atoms with Crippen LogP contribution < -0.4 is 0 Å². The highest BCUT2D eigenvalue weighted by atomic mass is 16.6. The molecule has 0 heterocycles. The predicted octanol–water partition coefficient (Wildman–Crippen LogP) is 21.6.